The third kappa shape index (κ3) is 8.59. The quantitative estimate of drug-likeness (QED) is 0.152. The predicted octanol–water partition coefficient (Wildman–Crippen LogP) is 27.8. The largest absolute Gasteiger partial charge is 0.309 e. The average Bonchev–Trinajstić information content (AvgIpc) is 1.51. The molecule has 9 nitrogen and oxygen atoms in total. The fourth-order valence-electron chi connectivity index (χ4n) is 20.5. The van der Waals surface area contributed by atoms with Gasteiger partial charge in [0.1, 0.15) is 5.69 Å². The summed E-state index contributed by atoms with van der Waals surface area (Å²) in [4.78, 5) is 11.0. The van der Waals surface area contributed by atoms with E-state index in [1.54, 1.807) is 0 Å². The van der Waals surface area contributed by atoms with Crippen LogP contribution in [0.25, 0.3) is 258 Å². The van der Waals surface area contributed by atoms with Gasteiger partial charge in [0.15, 0.2) is 5.82 Å². The van der Waals surface area contributed by atoms with E-state index in [0.717, 1.165) is 117 Å². The fourth-order valence-corrected chi connectivity index (χ4v) is 20.5. The summed E-state index contributed by atoms with van der Waals surface area (Å²) < 4.78 is 12.4. The van der Waals surface area contributed by atoms with Crippen LogP contribution in [0.1, 0.15) is 0 Å². The normalized spacial score (nSPS) is 12.4. The minimum Gasteiger partial charge on any atom is -0.309 e. The molecule has 9 heterocycles. The monoisotopic (exact) mass is 1480 g/mol. The molecule has 0 atom stereocenters. The Labute approximate surface area is 666 Å². The lowest BCUT2D eigenvalue weighted by Gasteiger charge is -2.14. The zero-order chi connectivity index (χ0) is 76.0. The number of para-hydroxylation sites is 7. The average molecular weight is 1480 g/mol. The van der Waals surface area contributed by atoms with Crippen molar-refractivity contribution in [2.75, 3.05) is 0 Å². The molecule has 18 aromatic carbocycles. The number of benzene rings is 18. The molecule has 0 aliphatic rings. The molecular weight excluding hydrogens is 1420 g/mol. The summed E-state index contributed by atoms with van der Waals surface area (Å²) in [6.07, 6.45) is 0. The summed E-state index contributed by atoms with van der Waals surface area (Å²) in [5.74, 6) is 0.805. The van der Waals surface area contributed by atoms with E-state index in [2.05, 4.69) is 380 Å². The Bertz CT molecular complexity index is 9010. The van der Waals surface area contributed by atoms with Gasteiger partial charge in [0.25, 0.3) is 0 Å². The number of fused-ring (bicyclic) bond motifs is 29. The van der Waals surface area contributed by atoms with E-state index in [0.29, 0.717) is 0 Å². The molecule has 0 saturated heterocycles. The SMILES string of the molecule is c1ccc(-n2c3ccccc3c3ccc(-c4nc5ccccc5nc4-c4ccc(-n5c6c7ccccc7ccc6c6cc7c8cc(-c9cccc(-c%10ccc(-c%11nnc(-n%12c%13c%14ccccc%14ccc%13c%13cc%14c%15ccccc%15n%15c%16ccccc%16c(c%13%12)c%14%15)c%12ccccc%11%12)cc%10)c9)ccc8n8c9ccccc9c(c65)c78)cc4)cc32)cc1. The van der Waals surface area contributed by atoms with E-state index in [1.165, 1.54) is 141 Å². The molecular formula is C108H61N9. The topological polar surface area (TPSA) is 75.2 Å². The second-order valence-electron chi connectivity index (χ2n) is 31.5. The van der Waals surface area contributed by atoms with Crippen molar-refractivity contribution in [2.24, 2.45) is 0 Å². The first kappa shape index (κ1) is 62.8. The molecule has 0 N–H and O–H groups in total. The summed E-state index contributed by atoms with van der Waals surface area (Å²) >= 11 is 0. The van der Waals surface area contributed by atoms with Crippen molar-refractivity contribution < 1.29 is 0 Å². The molecule has 0 amide bonds. The number of nitrogens with zero attached hydrogens (tertiary/aromatic N) is 9. The van der Waals surface area contributed by atoms with Crippen molar-refractivity contribution in [1.82, 2.24) is 42.7 Å². The molecule has 0 aliphatic carbocycles. The van der Waals surface area contributed by atoms with Crippen molar-refractivity contribution in [3.05, 3.63) is 370 Å². The Morgan fingerprint density at radius 3 is 1.26 bits per heavy atom. The third-order valence-electron chi connectivity index (χ3n) is 25.6. The van der Waals surface area contributed by atoms with Crippen LogP contribution in [0.5, 0.6) is 0 Å². The van der Waals surface area contributed by atoms with Crippen LogP contribution in [-0.4, -0.2) is 42.7 Å². The number of hydrogen-bond acceptors (Lipinski definition) is 4. The summed E-state index contributed by atoms with van der Waals surface area (Å²) in [6, 6.07) is 136. The molecule has 0 bridgehead atoms. The number of hydrogen-bond donors (Lipinski definition) is 0. The maximum Gasteiger partial charge on any atom is 0.168 e. The molecule has 0 fully saturated rings. The highest BCUT2D eigenvalue weighted by molar-refractivity contribution is 6.38. The van der Waals surface area contributed by atoms with E-state index in [-0.39, 0.29) is 0 Å². The van der Waals surface area contributed by atoms with Gasteiger partial charge in [0.05, 0.1) is 88.6 Å². The molecule has 9 heteroatoms. The van der Waals surface area contributed by atoms with Crippen LogP contribution < -0.4 is 0 Å². The van der Waals surface area contributed by atoms with Crippen LogP contribution in [0, 0.1) is 0 Å². The fraction of sp³-hybridized carbons (Fsp3) is 0. The zero-order valence-electron chi connectivity index (χ0n) is 62.7. The predicted molar refractivity (Wildman–Crippen MR) is 487 cm³/mol. The molecule has 27 rings (SSSR count). The Hall–Kier alpha value is -15.8. The molecule has 117 heavy (non-hydrogen) atoms. The van der Waals surface area contributed by atoms with Crippen LogP contribution in [-0.2, 0) is 0 Å². The highest BCUT2D eigenvalue weighted by Gasteiger charge is 2.30. The molecule has 0 aliphatic heterocycles. The van der Waals surface area contributed by atoms with Crippen LogP contribution in [0.2, 0.25) is 0 Å². The second kappa shape index (κ2) is 23.4. The van der Waals surface area contributed by atoms with Gasteiger partial charge >= 0.3 is 0 Å². The minimum atomic E-state index is 0.805. The smallest absolute Gasteiger partial charge is 0.168 e. The van der Waals surface area contributed by atoms with Gasteiger partial charge in [-0.15, -0.1) is 10.2 Å². The first-order chi connectivity index (χ1) is 58.1. The van der Waals surface area contributed by atoms with Crippen LogP contribution >= 0.6 is 0 Å². The van der Waals surface area contributed by atoms with Crippen molar-refractivity contribution in [3.63, 3.8) is 0 Å². The van der Waals surface area contributed by atoms with Crippen LogP contribution in [0.3, 0.4) is 0 Å². The Morgan fingerprint density at radius 2 is 0.607 bits per heavy atom. The molecule has 27 aromatic rings. The maximum atomic E-state index is 5.49. The molecule has 0 radical (unpaired) electrons. The number of rotatable bonds is 8. The Morgan fingerprint density at radius 1 is 0.179 bits per heavy atom. The van der Waals surface area contributed by atoms with Crippen LogP contribution in [0.4, 0.5) is 0 Å². The van der Waals surface area contributed by atoms with E-state index in [4.69, 9.17) is 20.2 Å². The molecule has 0 unspecified atom stereocenters. The Balaban J connectivity index is 0.578. The standard InChI is InChI=1S/C108H61N9/c1-2-25-71(26-3-1)113-91-37-16-10-29-75(91)77-53-49-70(59-96(77)113)101-100(109-89-35-14-15-36-90(89)110-101)66-45-51-72(52-46-66)114-102-73-27-6-4-21-63(73)47-54-79(102)86-61-88-84-58-69(50-56-95(84)116-94-40-19-12-33-82(94)97(104(86)114)106(88)116)68-24-20-23-67(57-68)62-41-43-65(44-42-62)99-78-31-8-9-32-81(78)108(112-111-99)117-103-74-28-7-5-22-64(74)48-55-80(103)87-60-85-76-30-11-17-38-92(76)115-93-39-18-13-34-83(93)98(105(85)115)107(87)117/h1-61H. The van der Waals surface area contributed by atoms with Crippen molar-refractivity contribution in [3.8, 4) is 73.2 Å². The second-order valence-corrected chi connectivity index (χ2v) is 31.5. The van der Waals surface area contributed by atoms with Gasteiger partial charge in [-0.05, 0) is 130 Å². The molecule has 0 spiro atoms. The first-order valence-electron chi connectivity index (χ1n) is 40.1. The zero-order valence-corrected chi connectivity index (χ0v) is 62.7. The van der Waals surface area contributed by atoms with Gasteiger partial charge in [-0.3, -0.25) is 4.57 Å². The van der Waals surface area contributed by atoms with Crippen molar-refractivity contribution in [1.29, 1.82) is 0 Å². The lowest BCUT2D eigenvalue weighted by Crippen LogP contribution is -2.03. The molecule has 9 aromatic heterocycles. The van der Waals surface area contributed by atoms with Gasteiger partial charge in [0.2, 0.25) is 0 Å². The van der Waals surface area contributed by atoms with E-state index >= 15 is 0 Å². The lowest BCUT2D eigenvalue weighted by molar-refractivity contribution is 0.980. The van der Waals surface area contributed by atoms with Gasteiger partial charge in [-0.25, -0.2) is 9.97 Å². The minimum absolute atomic E-state index is 0.805. The summed E-state index contributed by atoms with van der Waals surface area (Å²) in [6.45, 7) is 0. The van der Waals surface area contributed by atoms with Gasteiger partial charge in [-0.1, -0.05) is 273 Å². The Kier molecular flexibility index (Phi) is 12.6. The lowest BCUT2D eigenvalue weighted by atomic mass is 9.96. The van der Waals surface area contributed by atoms with Gasteiger partial charge in [-0.2, -0.15) is 0 Å². The van der Waals surface area contributed by atoms with E-state index in [1.807, 2.05) is 12.1 Å². The van der Waals surface area contributed by atoms with E-state index in [9.17, 15) is 0 Å². The molecule has 0 saturated carbocycles. The first-order valence-corrected chi connectivity index (χ1v) is 40.1. The third-order valence-corrected chi connectivity index (χ3v) is 25.6. The highest BCUT2D eigenvalue weighted by Crippen LogP contribution is 2.52. The summed E-state index contributed by atoms with van der Waals surface area (Å²) in [7, 11) is 0. The maximum absolute atomic E-state index is 5.49. The summed E-state index contributed by atoms with van der Waals surface area (Å²) in [5, 5.41) is 34.5. The molecule has 538 valence electrons. The van der Waals surface area contributed by atoms with Gasteiger partial charge < -0.3 is 17.9 Å². The van der Waals surface area contributed by atoms with Crippen LogP contribution in [0.15, 0.2) is 370 Å². The van der Waals surface area contributed by atoms with Crippen molar-refractivity contribution in [2.45, 2.75) is 0 Å². The van der Waals surface area contributed by atoms with Crippen molar-refractivity contribution >= 4 is 185 Å². The highest BCUT2D eigenvalue weighted by atomic mass is 15.2. The number of aromatic nitrogens is 9. The van der Waals surface area contributed by atoms with Gasteiger partial charge in [0, 0.05) is 125 Å². The summed E-state index contributed by atoms with van der Waals surface area (Å²) in [5.41, 5.74) is 28.0. The van der Waals surface area contributed by atoms with E-state index < -0.39 is 0 Å².